The molecular formula is C49H66FN10O11Pb. The molecule has 21 nitrogen and oxygen atoms in total. The first-order valence-electron chi connectivity index (χ1n) is 23.6. The van der Waals surface area contributed by atoms with E-state index in [4.69, 9.17) is 14.5 Å². The van der Waals surface area contributed by atoms with Crippen LogP contribution in [0, 0.1) is 12.7 Å². The molecule has 2 aliphatic heterocycles. The predicted molar refractivity (Wildman–Crippen MR) is 267 cm³/mol. The van der Waals surface area contributed by atoms with Gasteiger partial charge in [-0.25, -0.2) is 9.37 Å². The van der Waals surface area contributed by atoms with Crippen molar-refractivity contribution in [3.05, 3.63) is 73.8 Å². The predicted octanol–water partition coefficient (Wildman–Crippen LogP) is 0.289. The van der Waals surface area contributed by atoms with E-state index in [1.54, 1.807) is 30.5 Å². The van der Waals surface area contributed by atoms with Crippen LogP contribution in [0.5, 0.6) is 0 Å². The number of ether oxygens (including phenoxy) is 1. The summed E-state index contributed by atoms with van der Waals surface area (Å²) in [6.07, 6.45) is 6.98. The third-order valence-electron chi connectivity index (χ3n) is 12.0. The topological polar surface area (TPSA) is 290 Å². The average molecular weight is 1200 g/mol. The first-order valence-corrected chi connectivity index (χ1v) is 26.3. The average Bonchev–Trinajstić information content (AvgIpc) is 3.90. The van der Waals surface area contributed by atoms with Crippen molar-refractivity contribution < 1.29 is 52.3 Å². The Morgan fingerprint density at radius 3 is 2.25 bits per heavy atom. The molecule has 7 amide bonds. The molecule has 3 radical (unpaired) electrons. The molecule has 0 saturated heterocycles. The maximum absolute atomic E-state index is 15.1. The molecule has 389 valence electrons. The van der Waals surface area contributed by atoms with Gasteiger partial charge in [0.1, 0.15) is 18.7 Å². The molecule has 3 unspecified atom stereocenters. The Hall–Kier alpha value is -6.12. The fourth-order valence-corrected chi connectivity index (χ4v) is 9.42. The van der Waals surface area contributed by atoms with Crippen molar-refractivity contribution in [2.75, 3.05) is 60.7 Å². The van der Waals surface area contributed by atoms with Gasteiger partial charge in [0.2, 0.25) is 12.3 Å². The van der Waals surface area contributed by atoms with E-state index in [0.717, 1.165) is 63.9 Å². The van der Waals surface area contributed by atoms with Crippen molar-refractivity contribution in [3.8, 4) is 11.4 Å². The zero-order chi connectivity index (χ0) is 53.7. The van der Waals surface area contributed by atoms with Crippen LogP contribution in [0.4, 0.5) is 4.39 Å². The molecule has 72 heavy (non-hydrogen) atoms. The second-order valence-corrected chi connectivity index (χ2v) is 18.2. The van der Waals surface area contributed by atoms with E-state index >= 15 is 4.39 Å². The number of hydrogen-bond donors (Lipinski definition) is 6. The van der Waals surface area contributed by atoms with Crippen LogP contribution in [0.15, 0.2) is 29.1 Å². The molecule has 4 heterocycles. The summed E-state index contributed by atoms with van der Waals surface area (Å²) in [5, 5.41) is 14.0. The monoisotopic (exact) mass is 1200 g/mol. The van der Waals surface area contributed by atoms with Crippen molar-refractivity contribution in [2.45, 2.75) is 94.7 Å². The van der Waals surface area contributed by atoms with Crippen molar-refractivity contribution >= 4 is 91.1 Å². The summed E-state index contributed by atoms with van der Waals surface area (Å²) in [5.41, 5.74) is 10.6. The number of amides is 7. The van der Waals surface area contributed by atoms with Gasteiger partial charge in [-0.05, 0) is 81.6 Å². The van der Waals surface area contributed by atoms with Gasteiger partial charge in [-0.2, -0.15) is 0 Å². The van der Waals surface area contributed by atoms with Crippen LogP contribution in [0.1, 0.15) is 91.8 Å². The number of imide groups is 1. The van der Waals surface area contributed by atoms with Gasteiger partial charge < -0.3 is 30.0 Å². The van der Waals surface area contributed by atoms with E-state index in [0.29, 0.717) is 96.3 Å². The number of primary amides is 1. The van der Waals surface area contributed by atoms with Crippen molar-refractivity contribution in [1.29, 1.82) is 0 Å². The van der Waals surface area contributed by atoms with Crippen LogP contribution in [-0.2, 0) is 67.3 Å². The summed E-state index contributed by atoms with van der Waals surface area (Å²) in [7, 11) is 5.46. The third-order valence-corrected chi connectivity index (χ3v) is 13.6. The number of aryl methyl sites for hydroxylation is 1. The van der Waals surface area contributed by atoms with E-state index in [1.807, 2.05) is 27.0 Å². The van der Waals surface area contributed by atoms with Crippen LogP contribution in [0.3, 0.4) is 0 Å². The summed E-state index contributed by atoms with van der Waals surface area (Å²) in [5.74, 6) is -3.41. The summed E-state index contributed by atoms with van der Waals surface area (Å²) in [6, 6.07) is 2.42. The van der Waals surface area contributed by atoms with E-state index < -0.39 is 42.1 Å². The van der Waals surface area contributed by atoms with E-state index in [9.17, 15) is 43.2 Å². The fourth-order valence-electron chi connectivity index (χ4n) is 8.31. The SMILES string of the molecule is CCCc1c(C(C=O)CC)cc2n(c1=O)Cc1c-2nc2cc(F)c(C)c3c2c1C(N(C)C(=O)COCNC)CC3.CCNC.NC=O.O=CCNC(=O)C([CH2][Pb])NC(=O)CCNC(=O)CN1C(=O)C=CC1=O. The van der Waals surface area contributed by atoms with Crippen LogP contribution in [0.25, 0.3) is 22.3 Å². The normalized spacial score (nSPS) is 14.5. The van der Waals surface area contributed by atoms with Crippen LogP contribution >= 0.6 is 0 Å². The van der Waals surface area contributed by atoms with Gasteiger partial charge in [-0.3, -0.25) is 19.7 Å². The molecule has 0 saturated carbocycles. The van der Waals surface area contributed by atoms with E-state index in [2.05, 4.69) is 39.2 Å². The number of halogens is 1. The number of benzene rings is 1. The molecule has 3 aromatic rings. The van der Waals surface area contributed by atoms with E-state index in [-0.39, 0.29) is 68.5 Å². The Kier molecular flexibility index (Phi) is 25.1. The number of fused-ring (bicyclic) bond motifs is 4. The first kappa shape index (κ1) is 60.2. The van der Waals surface area contributed by atoms with Gasteiger partial charge in [-0.1, -0.05) is 27.2 Å². The van der Waals surface area contributed by atoms with Crippen molar-refractivity contribution in [3.63, 3.8) is 0 Å². The van der Waals surface area contributed by atoms with Gasteiger partial charge in [0.05, 0.1) is 36.2 Å². The van der Waals surface area contributed by atoms with Gasteiger partial charge in [0.15, 0.2) is 0 Å². The third kappa shape index (κ3) is 15.2. The van der Waals surface area contributed by atoms with Gasteiger partial charge >= 0.3 is 159 Å². The molecule has 0 fully saturated rings. The number of likely N-dealkylation sites (N-methyl/N-ethyl adjacent to an activating group) is 1. The number of carbonyl (C=O) groups excluding carboxylic acids is 9. The Balaban J connectivity index is 0.000000366. The number of nitrogens with zero attached hydrogens (tertiary/aromatic N) is 4. The second-order valence-electron chi connectivity index (χ2n) is 16.6. The molecule has 1 aliphatic carbocycles. The van der Waals surface area contributed by atoms with Gasteiger partial charge in [0, 0.05) is 35.5 Å². The standard InChI is InChI=1S/C31H37FN4O4.C14H17N4O6.C3H9N.CH3NO.Pb/c1-6-8-20-21(18(7-2)14-37)11-26-30-22(13-36(26)31(20)39)29-25(35(5)27(38)15-40-16-33-4)10-9-19-17(3)23(32)12-24(34-30)28(19)29;1-9(14(24)16-6-7-19)17-10(20)4-5-15-11(21)8-18-12(22)2-3-13(18)23;1-3-4-2;2-1-3;/h11-12,14,18,25,33H,6-10,13,15-16H2,1-5H3;2-3,7,9H,1,4-6,8H2,(H,15,21)(H,16,24)(H,17,20);4H,3H2,1-2H3;1H,(H2,2,3);. The number of aromatic nitrogens is 2. The van der Waals surface area contributed by atoms with Crippen molar-refractivity contribution in [1.82, 2.24) is 45.9 Å². The minimum atomic E-state index is -0.708. The van der Waals surface area contributed by atoms with Crippen LogP contribution < -0.4 is 37.9 Å². The molecule has 0 bridgehead atoms. The van der Waals surface area contributed by atoms with E-state index in [1.165, 1.54) is 6.07 Å². The van der Waals surface area contributed by atoms with Gasteiger partial charge in [0.25, 0.3) is 5.56 Å². The number of carbonyl (C=O) groups is 9. The molecule has 0 spiro atoms. The molecule has 3 aliphatic rings. The number of pyridine rings is 2. The summed E-state index contributed by atoms with van der Waals surface area (Å²) in [6.45, 7) is 8.87. The maximum atomic E-state index is 15.1. The molecule has 6 rings (SSSR count). The molecule has 2 aromatic heterocycles. The number of aldehydes is 2. The molecule has 7 N–H and O–H groups in total. The Morgan fingerprint density at radius 1 is 1.01 bits per heavy atom. The minimum absolute atomic E-state index is 0.00185. The van der Waals surface area contributed by atoms with Crippen molar-refractivity contribution in [2.24, 2.45) is 5.73 Å². The zero-order valence-electron chi connectivity index (χ0n) is 41.9. The van der Waals surface area contributed by atoms with Crippen LogP contribution in [-0.4, -0.2) is 166 Å². The molecule has 23 heteroatoms. The Labute approximate surface area is 433 Å². The van der Waals surface area contributed by atoms with Gasteiger partial charge in [-0.15, -0.1) is 0 Å². The number of hydrogen-bond acceptors (Lipinski definition) is 14. The zero-order valence-corrected chi connectivity index (χ0v) is 45.8. The Morgan fingerprint density at radius 2 is 1.68 bits per heavy atom. The Bertz CT molecular complexity index is 2550. The summed E-state index contributed by atoms with van der Waals surface area (Å²) in [4.78, 5) is 123. The molecule has 1 aromatic carbocycles. The quantitative estimate of drug-likeness (QED) is 0.0215. The summed E-state index contributed by atoms with van der Waals surface area (Å²) >= 11 is 0.678. The van der Waals surface area contributed by atoms with Crippen LogP contribution in [0.2, 0.25) is 3.98 Å². The fraction of sp³-hybridized carbons (Fsp3) is 0.490. The number of nitrogens with two attached hydrogens (primary N) is 1. The second kappa shape index (κ2) is 30.0. The first-order chi connectivity index (χ1) is 34.5. The number of nitrogens with one attached hydrogen (secondary N) is 5. The summed E-state index contributed by atoms with van der Waals surface area (Å²) < 4.78 is 22.8. The molecule has 3 atom stereocenters. The number of rotatable bonds is 21. The molecular weight excluding hydrogens is 1130 g/mol.